The molecule has 0 aliphatic carbocycles. The normalized spacial score (nSPS) is 15.4. The first-order valence-corrected chi connectivity index (χ1v) is 9.79. The van der Waals surface area contributed by atoms with Crippen molar-refractivity contribution < 1.29 is 9.00 Å². The van der Waals surface area contributed by atoms with Gasteiger partial charge in [-0.25, -0.2) is 0 Å². The third kappa shape index (κ3) is 3.77. The first-order valence-electron chi connectivity index (χ1n) is 7.04. The van der Waals surface area contributed by atoms with Crippen LogP contribution in [-0.4, -0.2) is 27.3 Å². The summed E-state index contributed by atoms with van der Waals surface area (Å²) < 4.78 is 12.2. The van der Waals surface area contributed by atoms with Crippen molar-refractivity contribution >= 4 is 39.6 Å². The van der Waals surface area contributed by atoms with E-state index in [0.717, 1.165) is 18.5 Å². The fourth-order valence-electron chi connectivity index (χ4n) is 2.55. The molecule has 0 unspecified atom stereocenters. The van der Waals surface area contributed by atoms with Crippen LogP contribution in [0.4, 0.5) is 0 Å². The zero-order chi connectivity index (χ0) is 15.5. The third-order valence-electron chi connectivity index (χ3n) is 3.66. The largest absolute Gasteiger partial charge is 0.337 e. The number of carbonyl (C=O) groups excluding carboxylic acids is 1. The SMILES string of the molecule is O=C(C[S@@](=O)Cc1cccc(Cl)c1)N1CCc2sccc2C1. The average molecular weight is 354 g/mol. The lowest BCUT2D eigenvalue weighted by Gasteiger charge is -2.26. The fourth-order valence-corrected chi connectivity index (χ4v) is 4.77. The predicted molar refractivity (Wildman–Crippen MR) is 91.6 cm³/mol. The Labute approximate surface area is 141 Å². The van der Waals surface area contributed by atoms with Crippen molar-refractivity contribution in [2.45, 2.75) is 18.7 Å². The molecule has 0 bridgehead atoms. The Morgan fingerprint density at radius 2 is 2.23 bits per heavy atom. The van der Waals surface area contributed by atoms with Crippen molar-refractivity contribution in [2.75, 3.05) is 12.3 Å². The molecule has 0 N–H and O–H groups in total. The van der Waals surface area contributed by atoms with E-state index in [9.17, 15) is 9.00 Å². The molecule has 1 aromatic carbocycles. The second-order valence-electron chi connectivity index (χ2n) is 5.29. The van der Waals surface area contributed by atoms with E-state index in [1.54, 1.807) is 23.5 Å². The summed E-state index contributed by atoms with van der Waals surface area (Å²) >= 11 is 7.67. The highest BCUT2D eigenvalue weighted by Gasteiger charge is 2.22. The highest BCUT2D eigenvalue weighted by Crippen LogP contribution is 2.24. The van der Waals surface area contributed by atoms with E-state index < -0.39 is 10.8 Å². The second-order valence-corrected chi connectivity index (χ2v) is 8.19. The van der Waals surface area contributed by atoms with Gasteiger partial charge in [0.2, 0.25) is 5.91 Å². The van der Waals surface area contributed by atoms with Crippen LogP contribution in [0.5, 0.6) is 0 Å². The summed E-state index contributed by atoms with van der Waals surface area (Å²) in [7, 11) is -1.21. The van der Waals surface area contributed by atoms with Crippen LogP contribution in [0.2, 0.25) is 5.02 Å². The summed E-state index contributed by atoms with van der Waals surface area (Å²) in [5.74, 6) is 0.410. The minimum absolute atomic E-state index is 0.0304. The summed E-state index contributed by atoms with van der Waals surface area (Å²) in [6.45, 7) is 1.37. The van der Waals surface area contributed by atoms with Crippen LogP contribution in [0.3, 0.4) is 0 Å². The lowest BCUT2D eigenvalue weighted by molar-refractivity contribution is -0.129. The molecule has 6 heteroatoms. The quantitative estimate of drug-likeness (QED) is 0.846. The van der Waals surface area contributed by atoms with Crippen LogP contribution in [-0.2, 0) is 34.3 Å². The van der Waals surface area contributed by atoms with Crippen LogP contribution in [0.1, 0.15) is 16.0 Å². The molecule has 0 saturated heterocycles. The molecule has 0 radical (unpaired) electrons. The molecule has 3 rings (SSSR count). The zero-order valence-corrected chi connectivity index (χ0v) is 14.3. The fraction of sp³-hybridized carbons (Fsp3) is 0.312. The molecule has 116 valence electrons. The number of hydrogen-bond acceptors (Lipinski definition) is 3. The van der Waals surface area contributed by atoms with E-state index in [0.29, 0.717) is 17.3 Å². The Kier molecular flexibility index (Phi) is 4.96. The van der Waals surface area contributed by atoms with Crippen LogP contribution >= 0.6 is 22.9 Å². The Balaban J connectivity index is 1.57. The number of fused-ring (bicyclic) bond motifs is 1. The Morgan fingerprint density at radius 1 is 1.36 bits per heavy atom. The molecule has 0 spiro atoms. The summed E-state index contributed by atoms with van der Waals surface area (Å²) in [6.07, 6.45) is 0.902. The standard InChI is InChI=1S/C16H16ClNO2S2/c17-14-3-1-2-12(8-14)10-22(20)11-16(19)18-6-4-15-13(9-18)5-7-21-15/h1-3,5,7-8H,4,6,9-11H2/t22-/m0/s1. The van der Waals surface area contributed by atoms with Gasteiger partial charge in [-0.1, -0.05) is 23.7 Å². The number of halogens is 1. The maximum Gasteiger partial charge on any atom is 0.235 e. The topological polar surface area (TPSA) is 37.4 Å². The highest BCUT2D eigenvalue weighted by molar-refractivity contribution is 7.84. The van der Waals surface area contributed by atoms with Gasteiger partial charge in [0.15, 0.2) is 0 Å². The molecule has 1 amide bonds. The first-order chi connectivity index (χ1) is 10.6. The van der Waals surface area contributed by atoms with E-state index >= 15 is 0 Å². The minimum atomic E-state index is -1.21. The van der Waals surface area contributed by atoms with Crippen LogP contribution in [0, 0.1) is 0 Å². The molecule has 1 aliphatic rings. The van der Waals surface area contributed by atoms with Gasteiger partial charge in [0.25, 0.3) is 0 Å². The van der Waals surface area contributed by atoms with Crippen LogP contribution in [0.15, 0.2) is 35.7 Å². The van der Waals surface area contributed by atoms with Crippen molar-refractivity contribution in [3.8, 4) is 0 Å². The summed E-state index contributed by atoms with van der Waals surface area (Å²) in [5.41, 5.74) is 2.13. The Morgan fingerprint density at radius 3 is 3.05 bits per heavy atom. The van der Waals surface area contributed by atoms with Gasteiger partial charge in [0.05, 0.1) is 0 Å². The van der Waals surface area contributed by atoms with Gasteiger partial charge in [-0.3, -0.25) is 9.00 Å². The van der Waals surface area contributed by atoms with Gasteiger partial charge in [-0.2, -0.15) is 0 Å². The molecule has 0 fully saturated rings. The van der Waals surface area contributed by atoms with E-state index in [1.165, 1.54) is 10.4 Å². The highest BCUT2D eigenvalue weighted by atomic mass is 35.5. The molecular formula is C16H16ClNO2S2. The first kappa shape index (κ1) is 15.7. The smallest absolute Gasteiger partial charge is 0.235 e. The Hall–Kier alpha value is -1.17. The van der Waals surface area contributed by atoms with Crippen molar-refractivity contribution in [2.24, 2.45) is 0 Å². The zero-order valence-electron chi connectivity index (χ0n) is 12.0. The molecule has 2 aromatic rings. The van der Waals surface area contributed by atoms with Crippen molar-refractivity contribution in [3.63, 3.8) is 0 Å². The van der Waals surface area contributed by atoms with Gasteiger partial charge < -0.3 is 4.90 Å². The number of benzene rings is 1. The van der Waals surface area contributed by atoms with Gasteiger partial charge in [-0.15, -0.1) is 11.3 Å². The molecule has 22 heavy (non-hydrogen) atoms. The van der Waals surface area contributed by atoms with Gasteiger partial charge in [0.1, 0.15) is 5.75 Å². The average Bonchev–Trinajstić information content (AvgIpc) is 2.94. The van der Waals surface area contributed by atoms with E-state index in [1.807, 2.05) is 17.0 Å². The predicted octanol–water partition coefficient (Wildman–Crippen LogP) is 3.24. The van der Waals surface area contributed by atoms with Crippen molar-refractivity contribution in [3.05, 3.63) is 56.7 Å². The van der Waals surface area contributed by atoms with Gasteiger partial charge in [-0.05, 0) is 41.1 Å². The lowest BCUT2D eigenvalue weighted by Crippen LogP contribution is -2.38. The number of hydrogen-bond donors (Lipinski definition) is 0. The molecule has 3 nitrogen and oxygen atoms in total. The maximum absolute atomic E-state index is 12.3. The summed E-state index contributed by atoms with van der Waals surface area (Å²) in [4.78, 5) is 15.5. The monoisotopic (exact) mass is 353 g/mol. The van der Waals surface area contributed by atoms with E-state index in [2.05, 4.69) is 11.4 Å². The molecule has 0 saturated carbocycles. The van der Waals surface area contributed by atoms with Gasteiger partial charge >= 0.3 is 0 Å². The molecular weight excluding hydrogens is 338 g/mol. The third-order valence-corrected chi connectivity index (χ3v) is 6.14. The molecule has 1 aromatic heterocycles. The number of thiophene rings is 1. The molecule has 2 heterocycles. The number of amides is 1. The number of carbonyl (C=O) groups is 1. The van der Waals surface area contributed by atoms with E-state index in [4.69, 9.17) is 11.6 Å². The van der Waals surface area contributed by atoms with Crippen molar-refractivity contribution in [1.82, 2.24) is 4.90 Å². The van der Waals surface area contributed by atoms with Crippen LogP contribution < -0.4 is 0 Å². The van der Waals surface area contributed by atoms with E-state index in [-0.39, 0.29) is 11.7 Å². The van der Waals surface area contributed by atoms with Gasteiger partial charge in [0, 0.05) is 39.5 Å². The number of nitrogens with zero attached hydrogens (tertiary/aromatic N) is 1. The maximum atomic E-state index is 12.3. The second kappa shape index (κ2) is 6.94. The van der Waals surface area contributed by atoms with Crippen molar-refractivity contribution in [1.29, 1.82) is 0 Å². The summed E-state index contributed by atoms with van der Waals surface area (Å²) in [5, 5.41) is 2.69. The molecule has 1 atom stereocenters. The molecule has 1 aliphatic heterocycles. The minimum Gasteiger partial charge on any atom is -0.337 e. The lowest BCUT2D eigenvalue weighted by atomic mass is 10.1. The Bertz CT molecular complexity index is 714. The summed E-state index contributed by atoms with van der Waals surface area (Å²) in [6, 6.07) is 9.36. The number of rotatable bonds is 4. The van der Waals surface area contributed by atoms with Crippen LogP contribution in [0.25, 0.3) is 0 Å².